The Morgan fingerprint density at radius 3 is 2.47 bits per heavy atom. The minimum atomic E-state index is 0.166. The molecule has 0 amide bonds. The zero-order chi connectivity index (χ0) is 13.8. The Balaban J connectivity index is 2.34. The van der Waals surface area contributed by atoms with Crippen molar-refractivity contribution in [3.05, 3.63) is 36.0 Å². The van der Waals surface area contributed by atoms with Crippen LogP contribution in [0.3, 0.4) is 0 Å². The van der Waals surface area contributed by atoms with Gasteiger partial charge in [0.15, 0.2) is 0 Å². The van der Waals surface area contributed by atoms with Crippen molar-refractivity contribution in [2.75, 3.05) is 0 Å². The van der Waals surface area contributed by atoms with E-state index in [0.29, 0.717) is 18.3 Å². The van der Waals surface area contributed by atoms with Crippen LogP contribution in [0, 0.1) is 5.92 Å². The van der Waals surface area contributed by atoms with E-state index in [4.69, 9.17) is 10.5 Å². The van der Waals surface area contributed by atoms with E-state index in [9.17, 15) is 0 Å². The van der Waals surface area contributed by atoms with Crippen molar-refractivity contribution < 1.29 is 4.74 Å². The van der Waals surface area contributed by atoms with Crippen molar-refractivity contribution in [3.8, 4) is 5.88 Å². The van der Waals surface area contributed by atoms with Crippen molar-refractivity contribution in [3.63, 3.8) is 0 Å². The van der Waals surface area contributed by atoms with Gasteiger partial charge in [-0.05, 0) is 36.3 Å². The summed E-state index contributed by atoms with van der Waals surface area (Å²) in [5, 5.41) is 2.17. The van der Waals surface area contributed by atoms with Crippen LogP contribution < -0.4 is 10.5 Å². The van der Waals surface area contributed by atoms with Gasteiger partial charge in [0, 0.05) is 18.1 Å². The fourth-order valence-corrected chi connectivity index (χ4v) is 2.38. The quantitative estimate of drug-likeness (QED) is 0.892. The summed E-state index contributed by atoms with van der Waals surface area (Å²) in [7, 11) is 0. The topological polar surface area (TPSA) is 48.1 Å². The Hall–Kier alpha value is -1.61. The molecule has 2 rings (SSSR count). The normalized spacial score (nSPS) is 12.9. The maximum Gasteiger partial charge on any atom is 0.221 e. The van der Waals surface area contributed by atoms with Gasteiger partial charge in [-0.15, -0.1) is 0 Å². The average molecular weight is 258 g/mol. The summed E-state index contributed by atoms with van der Waals surface area (Å²) in [6.45, 7) is 6.98. The number of ether oxygens (including phenoxy) is 1. The molecule has 0 bridgehead atoms. The first-order valence-electron chi connectivity index (χ1n) is 6.85. The molecule has 1 heterocycles. The standard InChI is InChI=1S/C16H22N2O/c1-11(2)8-12(3)19-16-15-7-5-4-6-14(15)13(9-17)10-18-16/h4-7,10-12H,8-9,17H2,1-3H3. The lowest BCUT2D eigenvalue weighted by molar-refractivity contribution is 0.188. The molecule has 0 aliphatic heterocycles. The van der Waals surface area contributed by atoms with Gasteiger partial charge in [0.05, 0.1) is 6.10 Å². The van der Waals surface area contributed by atoms with Crippen molar-refractivity contribution in [2.45, 2.75) is 39.8 Å². The van der Waals surface area contributed by atoms with Gasteiger partial charge < -0.3 is 10.5 Å². The van der Waals surface area contributed by atoms with Gasteiger partial charge in [-0.25, -0.2) is 4.98 Å². The molecule has 1 aromatic heterocycles. The Labute approximate surface area is 114 Å². The van der Waals surface area contributed by atoms with E-state index >= 15 is 0 Å². The Morgan fingerprint density at radius 1 is 1.16 bits per heavy atom. The number of hydrogen-bond acceptors (Lipinski definition) is 3. The third-order valence-corrected chi connectivity index (χ3v) is 3.18. The first-order chi connectivity index (χ1) is 9.11. The minimum Gasteiger partial charge on any atom is -0.474 e. The molecular formula is C16H22N2O. The van der Waals surface area contributed by atoms with Gasteiger partial charge in [0.1, 0.15) is 0 Å². The minimum absolute atomic E-state index is 0.166. The van der Waals surface area contributed by atoms with Crippen molar-refractivity contribution in [1.82, 2.24) is 4.98 Å². The van der Waals surface area contributed by atoms with E-state index in [1.54, 1.807) is 0 Å². The molecule has 3 heteroatoms. The first-order valence-corrected chi connectivity index (χ1v) is 6.85. The van der Waals surface area contributed by atoms with Crippen LogP contribution in [0.2, 0.25) is 0 Å². The molecule has 0 aliphatic rings. The summed E-state index contributed by atoms with van der Waals surface area (Å²) in [4.78, 5) is 4.42. The molecule has 0 saturated carbocycles. The molecule has 0 aliphatic carbocycles. The molecule has 2 N–H and O–H groups in total. The average Bonchev–Trinajstić information content (AvgIpc) is 2.38. The van der Waals surface area contributed by atoms with E-state index in [-0.39, 0.29) is 6.10 Å². The Morgan fingerprint density at radius 2 is 1.84 bits per heavy atom. The summed E-state index contributed by atoms with van der Waals surface area (Å²) in [5.74, 6) is 1.32. The summed E-state index contributed by atoms with van der Waals surface area (Å²) in [5.41, 5.74) is 6.81. The zero-order valence-corrected chi connectivity index (χ0v) is 11.9. The van der Waals surface area contributed by atoms with Crippen LogP contribution in [0.5, 0.6) is 5.88 Å². The number of nitrogens with two attached hydrogens (primary N) is 1. The number of fused-ring (bicyclic) bond motifs is 1. The fourth-order valence-electron chi connectivity index (χ4n) is 2.38. The molecule has 1 unspecified atom stereocenters. The highest BCUT2D eigenvalue weighted by atomic mass is 16.5. The molecule has 0 fully saturated rings. The Kier molecular flexibility index (Phi) is 4.38. The van der Waals surface area contributed by atoms with Crippen molar-refractivity contribution in [2.24, 2.45) is 11.7 Å². The predicted molar refractivity (Wildman–Crippen MR) is 79.2 cm³/mol. The predicted octanol–water partition coefficient (Wildman–Crippen LogP) is 3.51. The van der Waals surface area contributed by atoms with Crippen LogP contribution in [0.1, 0.15) is 32.8 Å². The highest BCUT2D eigenvalue weighted by Gasteiger charge is 2.11. The van der Waals surface area contributed by atoms with Crippen molar-refractivity contribution in [1.29, 1.82) is 0 Å². The molecule has 2 aromatic rings. The maximum absolute atomic E-state index is 5.99. The molecule has 3 nitrogen and oxygen atoms in total. The molecule has 102 valence electrons. The van der Waals surface area contributed by atoms with E-state index < -0.39 is 0 Å². The largest absolute Gasteiger partial charge is 0.474 e. The monoisotopic (exact) mass is 258 g/mol. The lowest BCUT2D eigenvalue weighted by Gasteiger charge is -2.17. The van der Waals surface area contributed by atoms with Gasteiger partial charge in [-0.3, -0.25) is 0 Å². The third-order valence-electron chi connectivity index (χ3n) is 3.18. The molecule has 1 aromatic carbocycles. The van der Waals surface area contributed by atoms with Crippen LogP contribution in [0.4, 0.5) is 0 Å². The van der Waals surface area contributed by atoms with Crippen LogP contribution in [0.15, 0.2) is 30.5 Å². The second-order valence-corrected chi connectivity index (χ2v) is 5.40. The molecule has 1 atom stereocenters. The second kappa shape index (κ2) is 6.02. The van der Waals surface area contributed by atoms with Gasteiger partial charge in [-0.2, -0.15) is 0 Å². The molecule has 0 saturated heterocycles. The highest BCUT2D eigenvalue weighted by molar-refractivity contribution is 5.89. The smallest absolute Gasteiger partial charge is 0.221 e. The van der Waals surface area contributed by atoms with E-state index in [0.717, 1.165) is 22.8 Å². The number of aromatic nitrogens is 1. The SMILES string of the molecule is CC(C)CC(C)Oc1ncc(CN)c2ccccc12. The summed E-state index contributed by atoms with van der Waals surface area (Å²) < 4.78 is 5.99. The number of rotatable bonds is 5. The van der Waals surface area contributed by atoms with E-state index in [1.165, 1.54) is 0 Å². The molecule has 0 radical (unpaired) electrons. The second-order valence-electron chi connectivity index (χ2n) is 5.40. The number of pyridine rings is 1. The van der Waals surface area contributed by atoms with Gasteiger partial charge in [-0.1, -0.05) is 32.0 Å². The van der Waals surface area contributed by atoms with Gasteiger partial charge in [0.25, 0.3) is 0 Å². The van der Waals surface area contributed by atoms with E-state index in [1.807, 2.05) is 24.4 Å². The van der Waals surface area contributed by atoms with Crippen LogP contribution in [-0.2, 0) is 6.54 Å². The van der Waals surface area contributed by atoms with Crippen LogP contribution in [0.25, 0.3) is 10.8 Å². The van der Waals surface area contributed by atoms with E-state index in [2.05, 4.69) is 31.8 Å². The van der Waals surface area contributed by atoms with Gasteiger partial charge in [0.2, 0.25) is 5.88 Å². The maximum atomic E-state index is 5.99. The number of benzene rings is 1. The Bertz CT molecular complexity index is 551. The zero-order valence-electron chi connectivity index (χ0n) is 11.9. The van der Waals surface area contributed by atoms with Crippen LogP contribution in [-0.4, -0.2) is 11.1 Å². The summed E-state index contributed by atoms with van der Waals surface area (Å²) in [6.07, 6.45) is 3.01. The third kappa shape index (κ3) is 3.24. The van der Waals surface area contributed by atoms with Crippen molar-refractivity contribution >= 4 is 10.8 Å². The summed E-state index contributed by atoms with van der Waals surface area (Å²) in [6, 6.07) is 8.13. The highest BCUT2D eigenvalue weighted by Crippen LogP contribution is 2.27. The number of nitrogens with zero attached hydrogens (tertiary/aromatic N) is 1. The summed E-state index contributed by atoms with van der Waals surface area (Å²) >= 11 is 0. The molecule has 0 spiro atoms. The molecule has 19 heavy (non-hydrogen) atoms. The fraction of sp³-hybridized carbons (Fsp3) is 0.438. The first kappa shape index (κ1) is 13.8. The lowest BCUT2D eigenvalue weighted by Crippen LogP contribution is -2.15. The van der Waals surface area contributed by atoms with Gasteiger partial charge >= 0.3 is 0 Å². The lowest BCUT2D eigenvalue weighted by atomic mass is 10.1. The number of hydrogen-bond donors (Lipinski definition) is 1. The molecular weight excluding hydrogens is 236 g/mol. The van der Waals surface area contributed by atoms with Crippen LogP contribution >= 0.6 is 0 Å².